The minimum absolute atomic E-state index is 0.129. The molecule has 2 rings (SSSR count). The first-order valence-corrected chi connectivity index (χ1v) is 5.45. The molecule has 1 aromatic rings. The summed E-state index contributed by atoms with van der Waals surface area (Å²) in [4.78, 5) is 0. The average Bonchev–Trinajstić information content (AvgIpc) is 2.38. The molecule has 0 aromatic heterocycles. The second kappa shape index (κ2) is 5.84. The number of nitrogens with one attached hydrogen (secondary N) is 1. The van der Waals surface area contributed by atoms with Crippen LogP contribution in [0.15, 0.2) is 24.3 Å². The first-order chi connectivity index (χ1) is 7.88. The third-order valence-electron chi connectivity index (χ3n) is 2.49. The van der Waals surface area contributed by atoms with Crippen LogP contribution in [-0.2, 0) is 16.1 Å². The molecule has 0 unspecified atom stereocenters. The van der Waals surface area contributed by atoms with Gasteiger partial charge in [-0.1, -0.05) is 12.1 Å². The maximum Gasteiger partial charge on any atom is 0.170 e. The molecule has 1 aliphatic heterocycles. The zero-order chi connectivity index (χ0) is 11.2. The van der Waals surface area contributed by atoms with E-state index in [1.165, 1.54) is 0 Å². The van der Waals surface area contributed by atoms with Crippen LogP contribution in [0.4, 0.5) is 0 Å². The molecule has 0 aliphatic carbocycles. The van der Waals surface area contributed by atoms with Crippen molar-refractivity contribution in [1.29, 1.82) is 0 Å². The zero-order valence-electron chi connectivity index (χ0n) is 9.44. The van der Waals surface area contributed by atoms with Crippen LogP contribution in [0.5, 0.6) is 5.75 Å². The van der Waals surface area contributed by atoms with Gasteiger partial charge < -0.3 is 19.5 Å². The first kappa shape index (κ1) is 11.4. The van der Waals surface area contributed by atoms with Crippen LogP contribution in [0.1, 0.15) is 5.56 Å². The van der Waals surface area contributed by atoms with E-state index in [1.54, 1.807) is 7.11 Å². The summed E-state index contributed by atoms with van der Waals surface area (Å²) in [5, 5.41) is 3.22. The van der Waals surface area contributed by atoms with E-state index in [4.69, 9.17) is 14.2 Å². The molecule has 1 fully saturated rings. The number of ether oxygens (including phenoxy) is 3. The molecule has 0 bridgehead atoms. The van der Waals surface area contributed by atoms with Crippen LogP contribution in [0.3, 0.4) is 0 Å². The fraction of sp³-hybridized carbons (Fsp3) is 0.500. The molecule has 0 spiro atoms. The van der Waals surface area contributed by atoms with Crippen LogP contribution in [-0.4, -0.2) is 33.1 Å². The van der Waals surface area contributed by atoms with Crippen LogP contribution in [0, 0.1) is 0 Å². The van der Waals surface area contributed by atoms with Gasteiger partial charge in [-0.15, -0.1) is 0 Å². The molecule has 1 atom stereocenters. The monoisotopic (exact) mass is 223 g/mol. The first-order valence-electron chi connectivity index (χ1n) is 5.45. The quantitative estimate of drug-likeness (QED) is 0.831. The Morgan fingerprint density at radius 3 is 2.81 bits per heavy atom. The molecule has 0 radical (unpaired) electrons. The maximum absolute atomic E-state index is 5.62. The minimum Gasteiger partial charge on any atom is -0.497 e. The van der Waals surface area contributed by atoms with E-state index in [-0.39, 0.29) is 6.29 Å². The summed E-state index contributed by atoms with van der Waals surface area (Å²) in [6.07, 6.45) is -0.129. The second-order valence-corrected chi connectivity index (χ2v) is 3.66. The molecule has 16 heavy (non-hydrogen) atoms. The fourth-order valence-electron chi connectivity index (χ4n) is 1.56. The lowest BCUT2D eigenvalue weighted by Crippen LogP contribution is -2.39. The summed E-state index contributed by atoms with van der Waals surface area (Å²) < 4.78 is 16.1. The van der Waals surface area contributed by atoms with Gasteiger partial charge in [-0.3, -0.25) is 0 Å². The standard InChI is InChI=1S/C12H17NO3/c1-14-11-4-2-10(3-5-11)9-16-12-8-13-6-7-15-12/h2-5,12-13H,6-9H2,1H3/t12-/m1/s1. The van der Waals surface area contributed by atoms with Gasteiger partial charge in [0.25, 0.3) is 0 Å². The highest BCUT2D eigenvalue weighted by molar-refractivity contribution is 5.26. The van der Waals surface area contributed by atoms with Gasteiger partial charge >= 0.3 is 0 Å². The molecular weight excluding hydrogens is 206 g/mol. The molecule has 1 heterocycles. The van der Waals surface area contributed by atoms with Crippen molar-refractivity contribution in [1.82, 2.24) is 5.32 Å². The molecule has 1 saturated heterocycles. The molecule has 1 aliphatic rings. The van der Waals surface area contributed by atoms with Crippen molar-refractivity contribution in [2.24, 2.45) is 0 Å². The van der Waals surface area contributed by atoms with Gasteiger partial charge in [-0.05, 0) is 17.7 Å². The summed E-state index contributed by atoms with van der Waals surface area (Å²) in [6.45, 7) is 2.95. The SMILES string of the molecule is COc1ccc(CO[C@@H]2CNCCO2)cc1. The third kappa shape index (κ3) is 3.20. The van der Waals surface area contributed by atoms with Crippen molar-refractivity contribution in [2.45, 2.75) is 12.9 Å². The fourth-order valence-corrected chi connectivity index (χ4v) is 1.56. The van der Waals surface area contributed by atoms with Gasteiger partial charge in [0.15, 0.2) is 6.29 Å². The highest BCUT2D eigenvalue weighted by Crippen LogP contribution is 2.12. The average molecular weight is 223 g/mol. The summed E-state index contributed by atoms with van der Waals surface area (Å²) in [5.41, 5.74) is 1.12. The maximum atomic E-state index is 5.62. The van der Waals surface area contributed by atoms with E-state index in [2.05, 4.69) is 5.32 Å². The largest absolute Gasteiger partial charge is 0.497 e. The van der Waals surface area contributed by atoms with Crippen molar-refractivity contribution in [3.8, 4) is 5.75 Å². The highest BCUT2D eigenvalue weighted by Gasteiger charge is 2.13. The van der Waals surface area contributed by atoms with Gasteiger partial charge in [-0.2, -0.15) is 0 Å². The summed E-state index contributed by atoms with van der Waals surface area (Å²) >= 11 is 0. The van der Waals surface area contributed by atoms with Gasteiger partial charge in [0.1, 0.15) is 5.75 Å². The Morgan fingerprint density at radius 2 is 2.19 bits per heavy atom. The number of rotatable bonds is 4. The zero-order valence-corrected chi connectivity index (χ0v) is 9.44. The van der Waals surface area contributed by atoms with Gasteiger partial charge in [0.05, 0.1) is 20.3 Å². The molecule has 0 saturated carbocycles. The topological polar surface area (TPSA) is 39.7 Å². The van der Waals surface area contributed by atoms with E-state index in [0.29, 0.717) is 13.2 Å². The van der Waals surface area contributed by atoms with Crippen LogP contribution in [0.25, 0.3) is 0 Å². The van der Waals surface area contributed by atoms with Crippen molar-refractivity contribution >= 4 is 0 Å². The molecule has 4 heteroatoms. The lowest BCUT2D eigenvalue weighted by atomic mass is 10.2. The van der Waals surface area contributed by atoms with E-state index in [0.717, 1.165) is 24.4 Å². The summed E-state index contributed by atoms with van der Waals surface area (Å²) in [6, 6.07) is 7.85. The van der Waals surface area contributed by atoms with E-state index < -0.39 is 0 Å². The third-order valence-corrected chi connectivity index (χ3v) is 2.49. The van der Waals surface area contributed by atoms with E-state index >= 15 is 0 Å². The van der Waals surface area contributed by atoms with Crippen molar-refractivity contribution in [3.05, 3.63) is 29.8 Å². The van der Waals surface area contributed by atoms with E-state index in [9.17, 15) is 0 Å². The van der Waals surface area contributed by atoms with Crippen LogP contribution < -0.4 is 10.1 Å². The normalized spacial score (nSPS) is 20.7. The Balaban J connectivity index is 1.79. The number of methoxy groups -OCH3 is 1. The predicted octanol–water partition coefficient (Wildman–Crippen LogP) is 1.16. The smallest absolute Gasteiger partial charge is 0.170 e. The van der Waals surface area contributed by atoms with E-state index in [1.807, 2.05) is 24.3 Å². The molecule has 4 nitrogen and oxygen atoms in total. The molecule has 88 valence electrons. The van der Waals surface area contributed by atoms with Gasteiger partial charge in [0.2, 0.25) is 0 Å². The van der Waals surface area contributed by atoms with Crippen molar-refractivity contribution in [3.63, 3.8) is 0 Å². The lowest BCUT2D eigenvalue weighted by molar-refractivity contribution is -0.159. The highest BCUT2D eigenvalue weighted by atomic mass is 16.7. The number of benzene rings is 1. The minimum atomic E-state index is -0.129. The Bertz CT molecular complexity index is 307. The Labute approximate surface area is 95.5 Å². The summed E-state index contributed by atoms with van der Waals surface area (Å²) in [5.74, 6) is 0.860. The molecule has 1 aromatic carbocycles. The number of hydrogen-bond donors (Lipinski definition) is 1. The number of morpholine rings is 1. The van der Waals surface area contributed by atoms with Crippen LogP contribution >= 0.6 is 0 Å². The molecular formula is C12H17NO3. The predicted molar refractivity (Wildman–Crippen MR) is 60.4 cm³/mol. The Hall–Kier alpha value is -1.10. The van der Waals surface area contributed by atoms with Gasteiger partial charge in [-0.25, -0.2) is 0 Å². The molecule has 0 amide bonds. The van der Waals surface area contributed by atoms with Crippen LogP contribution in [0.2, 0.25) is 0 Å². The van der Waals surface area contributed by atoms with Gasteiger partial charge in [0, 0.05) is 13.1 Å². The Morgan fingerprint density at radius 1 is 1.38 bits per heavy atom. The lowest BCUT2D eigenvalue weighted by Gasteiger charge is -2.23. The Kier molecular flexibility index (Phi) is 4.16. The van der Waals surface area contributed by atoms with Crippen molar-refractivity contribution in [2.75, 3.05) is 26.8 Å². The van der Waals surface area contributed by atoms with Crippen molar-refractivity contribution < 1.29 is 14.2 Å². The number of hydrogen-bond acceptors (Lipinski definition) is 4. The second-order valence-electron chi connectivity index (χ2n) is 3.66. The summed E-state index contributed by atoms with van der Waals surface area (Å²) in [7, 11) is 1.66. The molecule has 1 N–H and O–H groups in total.